The molecule has 0 aliphatic rings. The Bertz CT molecular complexity index is 652. The molecule has 0 saturated heterocycles. The van der Waals surface area contributed by atoms with Gasteiger partial charge < -0.3 is 0 Å². The van der Waals surface area contributed by atoms with Gasteiger partial charge in [0.1, 0.15) is 5.69 Å². The molecule has 2 aromatic heterocycles. The molecule has 0 spiro atoms. The maximum atomic E-state index is 5.67. The van der Waals surface area contributed by atoms with Crippen LogP contribution in [0.25, 0.3) is 21.7 Å². The zero-order valence-electron chi connectivity index (χ0n) is 7.96. The van der Waals surface area contributed by atoms with Crippen molar-refractivity contribution in [2.75, 3.05) is 0 Å². The van der Waals surface area contributed by atoms with Crippen molar-refractivity contribution in [3.63, 3.8) is 0 Å². The molecule has 0 aliphatic heterocycles. The van der Waals surface area contributed by atoms with Crippen LogP contribution in [-0.4, -0.2) is 19.3 Å². The van der Waals surface area contributed by atoms with E-state index >= 15 is 0 Å². The van der Waals surface area contributed by atoms with Crippen LogP contribution in [0.5, 0.6) is 0 Å². The molecule has 0 fully saturated rings. The summed E-state index contributed by atoms with van der Waals surface area (Å²) in [5, 5.41) is 0.929. The molecule has 0 saturated carbocycles. The van der Waals surface area contributed by atoms with Crippen molar-refractivity contribution in [2.45, 2.75) is 0 Å². The second-order valence-electron chi connectivity index (χ2n) is 3.11. The van der Waals surface area contributed by atoms with Gasteiger partial charge in [0.05, 0.1) is 17.2 Å². The fourth-order valence-electron chi connectivity index (χ4n) is 1.37. The van der Waals surface area contributed by atoms with Crippen LogP contribution < -0.4 is 0 Å². The van der Waals surface area contributed by atoms with Crippen LogP contribution in [0.1, 0.15) is 0 Å². The van der Waals surface area contributed by atoms with Crippen molar-refractivity contribution >= 4 is 34.2 Å². The molecule has 78 valence electrons. The Kier molecular flexibility index (Phi) is 2.27. The zero-order chi connectivity index (χ0) is 11.0. The number of halogens is 1. The highest BCUT2D eigenvalue weighted by Crippen LogP contribution is 2.22. The minimum atomic E-state index is 0.245. The number of hydrogen-bond acceptors (Lipinski definition) is 5. The summed E-state index contributed by atoms with van der Waals surface area (Å²) >= 11 is 6.88. The molecule has 6 heteroatoms. The van der Waals surface area contributed by atoms with E-state index in [4.69, 9.17) is 11.6 Å². The average molecular weight is 249 g/mol. The fraction of sp³-hybridized carbons (Fsp3) is 0. The number of fused-ring (bicyclic) bond motifs is 1. The molecule has 2 heterocycles. The van der Waals surface area contributed by atoms with E-state index in [2.05, 4.69) is 19.3 Å². The molecule has 0 unspecified atom stereocenters. The molecular weight excluding hydrogens is 244 g/mol. The summed E-state index contributed by atoms with van der Waals surface area (Å²) in [7, 11) is 0. The number of hydrogen-bond donors (Lipinski definition) is 0. The van der Waals surface area contributed by atoms with E-state index in [1.165, 1.54) is 11.5 Å². The molecule has 0 aliphatic carbocycles. The van der Waals surface area contributed by atoms with Gasteiger partial charge in [-0.25, -0.2) is 9.97 Å². The van der Waals surface area contributed by atoms with Gasteiger partial charge in [0.25, 0.3) is 0 Å². The highest BCUT2D eigenvalue weighted by Gasteiger charge is 2.07. The quantitative estimate of drug-likeness (QED) is 0.665. The van der Waals surface area contributed by atoms with Gasteiger partial charge in [-0.3, -0.25) is 4.98 Å². The SMILES string of the molecule is Clc1nsc(-c2cnc3ccccc3n2)n1. The maximum absolute atomic E-state index is 5.67. The normalized spacial score (nSPS) is 10.8. The Morgan fingerprint density at radius 1 is 1.06 bits per heavy atom. The van der Waals surface area contributed by atoms with E-state index in [0.29, 0.717) is 10.7 Å². The van der Waals surface area contributed by atoms with Crippen molar-refractivity contribution in [3.8, 4) is 10.7 Å². The monoisotopic (exact) mass is 248 g/mol. The molecule has 0 radical (unpaired) electrons. The fourth-order valence-corrected chi connectivity index (χ4v) is 2.13. The molecule has 3 aromatic rings. The summed E-state index contributed by atoms with van der Waals surface area (Å²) < 4.78 is 3.90. The van der Waals surface area contributed by atoms with E-state index in [0.717, 1.165) is 11.0 Å². The summed E-state index contributed by atoms with van der Waals surface area (Å²) in [6.07, 6.45) is 1.68. The third kappa shape index (κ3) is 1.64. The Hall–Kier alpha value is -1.59. The lowest BCUT2D eigenvalue weighted by Gasteiger charge is -1.97. The average Bonchev–Trinajstić information content (AvgIpc) is 2.75. The van der Waals surface area contributed by atoms with Gasteiger partial charge in [0.2, 0.25) is 5.28 Å². The first kappa shape index (κ1) is 9.62. The second kappa shape index (κ2) is 3.77. The summed E-state index contributed by atoms with van der Waals surface area (Å²) in [6, 6.07) is 7.68. The predicted octanol–water partition coefficient (Wildman–Crippen LogP) is 2.80. The molecule has 1 aromatic carbocycles. The number of benzene rings is 1. The maximum Gasteiger partial charge on any atom is 0.234 e. The Morgan fingerprint density at radius 2 is 1.88 bits per heavy atom. The van der Waals surface area contributed by atoms with E-state index in [1.54, 1.807) is 6.20 Å². The van der Waals surface area contributed by atoms with Gasteiger partial charge in [0.15, 0.2) is 5.01 Å². The summed E-state index contributed by atoms with van der Waals surface area (Å²) in [6.45, 7) is 0. The zero-order valence-corrected chi connectivity index (χ0v) is 9.53. The van der Waals surface area contributed by atoms with Crippen LogP contribution >= 0.6 is 23.1 Å². The topological polar surface area (TPSA) is 51.6 Å². The molecule has 16 heavy (non-hydrogen) atoms. The summed E-state index contributed by atoms with van der Waals surface area (Å²) in [4.78, 5) is 12.8. The Balaban J connectivity index is 2.18. The van der Waals surface area contributed by atoms with Crippen LogP contribution in [-0.2, 0) is 0 Å². The first-order valence-electron chi connectivity index (χ1n) is 4.54. The van der Waals surface area contributed by atoms with Crippen molar-refractivity contribution < 1.29 is 0 Å². The van der Waals surface area contributed by atoms with Crippen molar-refractivity contribution in [3.05, 3.63) is 35.7 Å². The molecule has 0 bridgehead atoms. The highest BCUT2D eigenvalue weighted by atomic mass is 35.5. The van der Waals surface area contributed by atoms with Crippen LogP contribution in [0, 0.1) is 0 Å². The van der Waals surface area contributed by atoms with Gasteiger partial charge >= 0.3 is 0 Å². The summed E-state index contributed by atoms with van der Waals surface area (Å²) in [5.41, 5.74) is 2.40. The first-order chi connectivity index (χ1) is 7.83. The van der Waals surface area contributed by atoms with Gasteiger partial charge in [-0.05, 0) is 35.3 Å². The molecule has 3 rings (SSSR count). The number of nitrogens with zero attached hydrogens (tertiary/aromatic N) is 4. The lowest BCUT2D eigenvalue weighted by atomic mass is 10.3. The minimum absolute atomic E-state index is 0.245. The first-order valence-corrected chi connectivity index (χ1v) is 5.69. The molecule has 4 nitrogen and oxygen atoms in total. The smallest absolute Gasteiger partial charge is 0.234 e. The molecule has 0 atom stereocenters. The van der Waals surface area contributed by atoms with E-state index in [-0.39, 0.29) is 5.28 Å². The van der Waals surface area contributed by atoms with Crippen LogP contribution in [0.4, 0.5) is 0 Å². The van der Waals surface area contributed by atoms with E-state index in [1.807, 2.05) is 24.3 Å². The molecular formula is C10H5ClN4S. The lowest BCUT2D eigenvalue weighted by Crippen LogP contribution is -1.87. The van der Waals surface area contributed by atoms with Crippen molar-refractivity contribution in [1.29, 1.82) is 0 Å². The van der Waals surface area contributed by atoms with E-state index < -0.39 is 0 Å². The minimum Gasteiger partial charge on any atom is -0.252 e. The Labute approximate surface area is 100 Å². The highest BCUT2D eigenvalue weighted by molar-refractivity contribution is 7.09. The van der Waals surface area contributed by atoms with Crippen LogP contribution in [0.15, 0.2) is 30.5 Å². The van der Waals surface area contributed by atoms with Crippen molar-refractivity contribution in [1.82, 2.24) is 19.3 Å². The third-order valence-electron chi connectivity index (χ3n) is 2.07. The van der Waals surface area contributed by atoms with Gasteiger partial charge in [-0.2, -0.15) is 4.37 Å². The lowest BCUT2D eigenvalue weighted by molar-refractivity contribution is 1.26. The third-order valence-corrected chi connectivity index (χ3v) is 3.08. The second-order valence-corrected chi connectivity index (χ2v) is 4.20. The number of rotatable bonds is 1. The van der Waals surface area contributed by atoms with E-state index in [9.17, 15) is 0 Å². The van der Waals surface area contributed by atoms with Gasteiger partial charge in [0, 0.05) is 0 Å². The molecule has 0 amide bonds. The number of aromatic nitrogens is 4. The molecule has 0 N–H and O–H groups in total. The largest absolute Gasteiger partial charge is 0.252 e. The predicted molar refractivity (Wildman–Crippen MR) is 63.5 cm³/mol. The van der Waals surface area contributed by atoms with Crippen LogP contribution in [0.3, 0.4) is 0 Å². The van der Waals surface area contributed by atoms with Crippen LogP contribution in [0.2, 0.25) is 5.28 Å². The number of para-hydroxylation sites is 2. The van der Waals surface area contributed by atoms with Gasteiger partial charge in [-0.15, -0.1) is 0 Å². The summed E-state index contributed by atoms with van der Waals surface area (Å²) in [5.74, 6) is 0. The van der Waals surface area contributed by atoms with Gasteiger partial charge in [-0.1, -0.05) is 12.1 Å². The standard InChI is InChI=1S/C10H5ClN4S/c11-10-14-9(16-15-10)8-5-12-6-3-1-2-4-7(6)13-8/h1-5H. The Morgan fingerprint density at radius 3 is 2.62 bits per heavy atom. The van der Waals surface area contributed by atoms with Crippen molar-refractivity contribution in [2.24, 2.45) is 0 Å².